The van der Waals surface area contributed by atoms with Crippen LogP contribution in [-0.2, 0) is 0 Å². The number of hydrogen-bond acceptors (Lipinski definition) is 2. The molecular formula is C15H17Cl2N3S. The third-order valence-corrected chi connectivity index (χ3v) is 3.69. The molecule has 6 heteroatoms. The van der Waals surface area contributed by atoms with Gasteiger partial charge in [-0.2, -0.15) is 0 Å². The molecule has 2 aromatic rings. The summed E-state index contributed by atoms with van der Waals surface area (Å²) in [4.78, 5) is 4.07. The van der Waals surface area contributed by atoms with Crippen LogP contribution in [0.25, 0.3) is 11.8 Å². The summed E-state index contributed by atoms with van der Waals surface area (Å²) in [5.74, 6) is 0. The van der Waals surface area contributed by atoms with E-state index in [2.05, 4.69) is 30.9 Å². The van der Waals surface area contributed by atoms with Crippen molar-refractivity contribution < 1.29 is 0 Å². The van der Waals surface area contributed by atoms with Crippen molar-refractivity contribution >= 4 is 47.2 Å². The normalized spacial score (nSPS) is 12.7. The number of halogens is 2. The van der Waals surface area contributed by atoms with E-state index in [0.29, 0.717) is 14.8 Å². The zero-order valence-corrected chi connectivity index (χ0v) is 14.5. The standard InChI is InChI=1S/C15H17Cl2N3S/c1-15(2,3)8-12(20-14(21)18-9-19-20)6-10-4-5-11(16)7-13(10)17/h4-7,9H,8H2,1-3H3,(H,18,19,21). The van der Waals surface area contributed by atoms with Crippen LogP contribution in [0, 0.1) is 10.2 Å². The molecule has 21 heavy (non-hydrogen) atoms. The van der Waals surface area contributed by atoms with Gasteiger partial charge in [-0.15, -0.1) is 0 Å². The van der Waals surface area contributed by atoms with Crippen molar-refractivity contribution in [3.63, 3.8) is 0 Å². The van der Waals surface area contributed by atoms with Crippen LogP contribution >= 0.6 is 35.4 Å². The third-order valence-electron chi connectivity index (χ3n) is 2.84. The lowest BCUT2D eigenvalue weighted by atomic mass is 9.90. The van der Waals surface area contributed by atoms with Crippen LogP contribution in [0.5, 0.6) is 0 Å². The average Bonchev–Trinajstić information content (AvgIpc) is 2.76. The van der Waals surface area contributed by atoms with Gasteiger partial charge in [0.05, 0.1) is 0 Å². The Morgan fingerprint density at radius 2 is 2.10 bits per heavy atom. The molecule has 0 unspecified atom stereocenters. The van der Waals surface area contributed by atoms with E-state index < -0.39 is 0 Å². The van der Waals surface area contributed by atoms with Gasteiger partial charge in [-0.25, -0.2) is 9.67 Å². The van der Waals surface area contributed by atoms with Crippen LogP contribution in [0.15, 0.2) is 24.5 Å². The van der Waals surface area contributed by atoms with Gasteiger partial charge >= 0.3 is 0 Å². The van der Waals surface area contributed by atoms with Crippen LogP contribution in [0.3, 0.4) is 0 Å². The quantitative estimate of drug-likeness (QED) is 0.728. The number of hydrogen-bond donors (Lipinski definition) is 1. The van der Waals surface area contributed by atoms with Gasteiger partial charge in [-0.3, -0.25) is 5.10 Å². The molecule has 0 aliphatic carbocycles. The van der Waals surface area contributed by atoms with Crippen molar-refractivity contribution in [2.24, 2.45) is 5.41 Å². The highest BCUT2D eigenvalue weighted by molar-refractivity contribution is 7.71. The van der Waals surface area contributed by atoms with Crippen LogP contribution < -0.4 is 0 Å². The molecule has 2 rings (SSSR count). The summed E-state index contributed by atoms with van der Waals surface area (Å²) in [6, 6.07) is 5.45. The van der Waals surface area contributed by atoms with Crippen LogP contribution in [-0.4, -0.2) is 14.8 Å². The van der Waals surface area contributed by atoms with Gasteiger partial charge in [0.15, 0.2) is 0 Å². The second kappa shape index (κ2) is 6.34. The molecule has 0 spiro atoms. The van der Waals surface area contributed by atoms with E-state index in [1.165, 1.54) is 0 Å². The summed E-state index contributed by atoms with van der Waals surface area (Å²) in [5, 5.41) is 4.27. The minimum atomic E-state index is 0.102. The molecule has 112 valence electrons. The van der Waals surface area contributed by atoms with Crippen molar-refractivity contribution in [2.45, 2.75) is 27.2 Å². The fourth-order valence-corrected chi connectivity index (χ4v) is 2.68. The fraction of sp³-hybridized carbons (Fsp3) is 0.333. The second-order valence-electron chi connectivity index (χ2n) is 6.04. The fourth-order valence-electron chi connectivity index (χ4n) is 2.00. The summed E-state index contributed by atoms with van der Waals surface area (Å²) in [7, 11) is 0. The van der Waals surface area contributed by atoms with E-state index in [4.69, 9.17) is 35.4 Å². The summed E-state index contributed by atoms with van der Waals surface area (Å²) in [5.41, 5.74) is 2.01. The molecule has 1 heterocycles. The Morgan fingerprint density at radius 3 is 2.62 bits per heavy atom. The smallest absolute Gasteiger partial charge is 0.220 e. The van der Waals surface area contributed by atoms with Crippen LogP contribution in [0.2, 0.25) is 10.0 Å². The highest BCUT2D eigenvalue weighted by Crippen LogP contribution is 2.30. The Balaban J connectivity index is 2.51. The summed E-state index contributed by atoms with van der Waals surface area (Å²) in [6.07, 6.45) is 4.42. The van der Waals surface area contributed by atoms with Gasteiger partial charge in [0.25, 0.3) is 0 Å². The molecule has 0 radical (unpaired) electrons. The molecule has 0 aliphatic heterocycles. The number of H-pyrrole nitrogens is 1. The maximum absolute atomic E-state index is 6.26. The highest BCUT2D eigenvalue weighted by Gasteiger charge is 2.16. The lowest BCUT2D eigenvalue weighted by molar-refractivity contribution is 0.419. The van der Waals surface area contributed by atoms with E-state index in [-0.39, 0.29) is 5.41 Å². The number of aromatic nitrogens is 3. The lowest BCUT2D eigenvalue weighted by Crippen LogP contribution is -2.10. The summed E-state index contributed by atoms with van der Waals surface area (Å²) < 4.78 is 2.29. The molecule has 0 saturated heterocycles. The molecule has 1 aromatic heterocycles. The maximum atomic E-state index is 6.26. The van der Waals surface area contributed by atoms with Crippen molar-refractivity contribution in [2.75, 3.05) is 0 Å². The molecule has 0 bridgehead atoms. The van der Waals surface area contributed by atoms with E-state index in [1.807, 2.05) is 18.2 Å². The van der Waals surface area contributed by atoms with Gasteiger partial charge in [0.1, 0.15) is 6.33 Å². The summed E-state index contributed by atoms with van der Waals surface area (Å²) >= 11 is 17.4. The predicted molar refractivity (Wildman–Crippen MR) is 92.1 cm³/mol. The maximum Gasteiger partial charge on any atom is 0.220 e. The number of allylic oxidation sites excluding steroid dienone is 1. The summed E-state index contributed by atoms with van der Waals surface area (Å²) in [6.45, 7) is 6.51. The molecule has 3 nitrogen and oxygen atoms in total. The minimum absolute atomic E-state index is 0.102. The number of benzene rings is 1. The Hall–Kier alpha value is -1.10. The molecule has 0 aliphatic rings. The van der Waals surface area contributed by atoms with Gasteiger partial charge in [0.2, 0.25) is 4.77 Å². The molecule has 0 amide bonds. The first-order chi connectivity index (χ1) is 9.76. The number of nitrogens with zero attached hydrogens (tertiary/aromatic N) is 2. The van der Waals surface area contributed by atoms with Crippen molar-refractivity contribution in [1.82, 2.24) is 14.8 Å². The lowest BCUT2D eigenvalue weighted by Gasteiger charge is -2.21. The predicted octanol–water partition coefficient (Wildman–Crippen LogP) is 5.68. The number of nitrogens with one attached hydrogen (secondary N) is 1. The molecular weight excluding hydrogens is 325 g/mol. The second-order valence-corrected chi connectivity index (χ2v) is 7.25. The topological polar surface area (TPSA) is 33.6 Å². The number of rotatable bonds is 3. The Bertz CT molecular complexity index is 723. The zero-order valence-electron chi connectivity index (χ0n) is 12.2. The van der Waals surface area contributed by atoms with Gasteiger partial charge < -0.3 is 0 Å². The zero-order chi connectivity index (χ0) is 15.6. The van der Waals surface area contributed by atoms with Gasteiger partial charge in [0, 0.05) is 15.7 Å². The van der Waals surface area contributed by atoms with Gasteiger partial charge in [-0.1, -0.05) is 50.0 Å². The average molecular weight is 342 g/mol. The Kier molecular flexibility index (Phi) is 4.91. The van der Waals surface area contributed by atoms with Crippen molar-refractivity contribution in [3.05, 3.63) is 44.9 Å². The SMILES string of the molecule is CC(C)(C)CC(=Cc1ccc(Cl)cc1Cl)n1[nH]cnc1=S. The van der Waals surface area contributed by atoms with Gasteiger partial charge in [-0.05, 0) is 47.8 Å². The molecule has 1 aromatic carbocycles. The molecule has 0 saturated carbocycles. The Morgan fingerprint density at radius 1 is 1.38 bits per heavy atom. The van der Waals surface area contributed by atoms with Crippen molar-refractivity contribution in [1.29, 1.82) is 0 Å². The minimum Gasteiger partial charge on any atom is -0.281 e. The van der Waals surface area contributed by atoms with Crippen LogP contribution in [0.4, 0.5) is 0 Å². The van der Waals surface area contributed by atoms with Crippen molar-refractivity contribution in [3.8, 4) is 0 Å². The Labute approximate surface area is 139 Å². The van der Waals surface area contributed by atoms with E-state index in [9.17, 15) is 0 Å². The molecule has 0 fully saturated rings. The van der Waals surface area contributed by atoms with Crippen LogP contribution in [0.1, 0.15) is 32.8 Å². The highest BCUT2D eigenvalue weighted by atomic mass is 35.5. The van der Waals surface area contributed by atoms with E-state index >= 15 is 0 Å². The van der Waals surface area contributed by atoms with E-state index in [1.54, 1.807) is 17.1 Å². The number of aromatic amines is 1. The third kappa shape index (κ3) is 4.43. The first-order valence-corrected chi connectivity index (χ1v) is 7.71. The molecule has 1 N–H and O–H groups in total. The first kappa shape index (κ1) is 16.3. The largest absolute Gasteiger partial charge is 0.281 e. The monoisotopic (exact) mass is 341 g/mol. The first-order valence-electron chi connectivity index (χ1n) is 6.55. The van der Waals surface area contributed by atoms with E-state index in [0.717, 1.165) is 17.7 Å². The molecule has 0 atom stereocenters.